The average Bonchev–Trinajstić information content (AvgIpc) is 2.92. The topological polar surface area (TPSA) is 74.7 Å². The van der Waals surface area contributed by atoms with Gasteiger partial charge in [0.15, 0.2) is 0 Å². The third-order valence-corrected chi connectivity index (χ3v) is 7.29. The van der Waals surface area contributed by atoms with Crippen LogP contribution in [0.15, 0.2) is 84.9 Å². The molecule has 1 saturated heterocycles. The normalized spacial score (nSPS) is 15.4. The monoisotopic (exact) mass is 495 g/mol. The van der Waals surface area contributed by atoms with Crippen LogP contribution in [-0.2, 0) is 10.2 Å². The van der Waals surface area contributed by atoms with E-state index in [0.29, 0.717) is 19.4 Å². The van der Waals surface area contributed by atoms with Gasteiger partial charge < -0.3 is 20.1 Å². The summed E-state index contributed by atoms with van der Waals surface area (Å²) in [5.41, 5.74) is 4.07. The smallest absolute Gasteiger partial charge is 0.314 e. The second kappa shape index (κ2) is 11.0. The lowest BCUT2D eigenvalue weighted by Crippen LogP contribution is -2.47. The summed E-state index contributed by atoms with van der Waals surface area (Å²) in [6, 6.07) is 27.9. The lowest BCUT2D eigenvalue weighted by Gasteiger charge is -2.39. The molecule has 0 atom stereocenters. The van der Waals surface area contributed by atoms with Crippen LogP contribution in [0, 0.1) is 6.92 Å². The molecule has 1 fully saturated rings. The average molecular weight is 496 g/mol. The summed E-state index contributed by atoms with van der Waals surface area (Å²) in [7, 11) is 0. The number of carboxylic acid groups (broad SMARTS) is 1. The lowest BCUT2D eigenvalue weighted by molar-refractivity contribution is -0.146. The van der Waals surface area contributed by atoms with Crippen LogP contribution in [0.3, 0.4) is 0 Å². The number of carbonyl (C=O) groups is 1. The molecule has 0 aliphatic carbocycles. The third-order valence-electron chi connectivity index (χ3n) is 7.29. The Kier molecular flexibility index (Phi) is 7.37. The minimum Gasteiger partial charge on any atom is -0.493 e. The van der Waals surface area contributed by atoms with E-state index >= 15 is 0 Å². The summed E-state index contributed by atoms with van der Waals surface area (Å²) in [6.45, 7) is 5.06. The van der Waals surface area contributed by atoms with Crippen LogP contribution in [0.5, 0.6) is 5.75 Å². The second-order valence-electron chi connectivity index (χ2n) is 9.78. The van der Waals surface area contributed by atoms with Crippen LogP contribution in [0.25, 0.3) is 10.9 Å². The third kappa shape index (κ3) is 5.59. The van der Waals surface area contributed by atoms with Crippen molar-refractivity contribution >= 4 is 28.2 Å². The van der Waals surface area contributed by atoms with Crippen molar-refractivity contribution in [2.75, 3.05) is 31.6 Å². The van der Waals surface area contributed by atoms with Crippen molar-refractivity contribution in [3.05, 3.63) is 96.2 Å². The molecule has 190 valence electrons. The molecule has 2 heterocycles. The SMILES string of the molecule is Cc1cc(Nc2cccc(OCCCN3CCC(C(=O)O)(c4ccccc4)CC3)c2)c2ccccc2n1. The first-order chi connectivity index (χ1) is 18.0. The van der Waals surface area contributed by atoms with Gasteiger partial charge in [0, 0.05) is 35.1 Å². The molecule has 0 spiro atoms. The zero-order valence-electron chi connectivity index (χ0n) is 21.2. The van der Waals surface area contributed by atoms with Gasteiger partial charge in [-0.15, -0.1) is 0 Å². The molecular formula is C31H33N3O3. The molecule has 1 aliphatic heterocycles. The minimum atomic E-state index is -0.777. The van der Waals surface area contributed by atoms with Crippen LogP contribution in [0.2, 0.25) is 0 Å². The van der Waals surface area contributed by atoms with E-state index in [9.17, 15) is 9.90 Å². The molecule has 0 bridgehead atoms. The number of anilines is 2. The van der Waals surface area contributed by atoms with Crippen molar-refractivity contribution in [2.24, 2.45) is 0 Å². The number of fused-ring (bicyclic) bond motifs is 1. The molecule has 0 amide bonds. The van der Waals surface area contributed by atoms with E-state index in [1.165, 1.54) is 0 Å². The highest BCUT2D eigenvalue weighted by Crippen LogP contribution is 2.36. The van der Waals surface area contributed by atoms with E-state index in [4.69, 9.17) is 4.74 Å². The first-order valence-electron chi connectivity index (χ1n) is 12.9. The standard InChI is InChI=1S/C31H33N3O3/c1-23-21-29(27-13-5-6-14-28(27)32-23)33-25-11-7-12-26(22-25)37-20-8-17-34-18-15-31(16-19-34,30(35)36)24-9-3-2-4-10-24/h2-7,9-14,21-22H,8,15-20H2,1H3,(H,32,33)(H,35,36). The Morgan fingerprint density at radius 2 is 1.76 bits per heavy atom. The molecule has 1 aliphatic rings. The number of aliphatic carboxylic acids is 1. The highest BCUT2D eigenvalue weighted by atomic mass is 16.5. The van der Waals surface area contributed by atoms with Crippen LogP contribution < -0.4 is 10.1 Å². The van der Waals surface area contributed by atoms with Crippen molar-refractivity contribution in [1.29, 1.82) is 0 Å². The molecule has 1 aromatic heterocycles. The Morgan fingerprint density at radius 3 is 2.54 bits per heavy atom. The van der Waals surface area contributed by atoms with Crippen LogP contribution >= 0.6 is 0 Å². The molecule has 37 heavy (non-hydrogen) atoms. The first-order valence-corrected chi connectivity index (χ1v) is 12.9. The maximum Gasteiger partial charge on any atom is 0.314 e. The number of piperidine rings is 1. The number of likely N-dealkylation sites (tertiary alicyclic amines) is 1. The number of aromatic nitrogens is 1. The predicted molar refractivity (Wildman–Crippen MR) is 148 cm³/mol. The van der Waals surface area contributed by atoms with Crippen LogP contribution in [-0.4, -0.2) is 47.2 Å². The number of carboxylic acids is 1. The van der Waals surface area contributed by atoms with E-state index in [0.717, 1.165) is 65.3 Å². The highest BCUT2D eigenvalue weighted by molar-refractivity contribution is 5.93. The Morgan fingerprint density at radius 1 is 1.00 bits per heavy atom. The molecule has 5 rings (SSSR count). The van der Waals surface area contributed by atoms with E-state index in [2.05, 4.69) is 27.3 Å². The molecule has 0 saturated carbocycles. The summed E-state index contributed by atoms with van der Waals surface area (Å²) < 4.78 is 6.06. The van der Waals surface area contributed by atoms with Crippen molar-refractivity contribution in [1.82, 2.24) is 9.88 Å². The fraction of sp³-hybridized carbons (Fsp3) is 0.290. The number of hydrogen-bond acceptors (Lipinski definition) is 5. The fourth-order valence-electron chi connectivity index (χ4n) is 5.25. The number of benzene rings is 3. The largest absolute Gasteiger partial charge is 0.493 e. The van der Waals surface area contributed by atoms with Gasteiger partial charge in [-0.05, 0) is 69.1 Å². The summed E-state index contributed by atoms with van der Waals surface area (Å²) in [5.74, 6) is 0.109. The number of para-hydroxylation sites is 1. The highest BCUT2D eigenvalue weighted by Gasteiger charge is 2.42. The zero-order valence-corrected chi connectivity index (χ0v) is 21.2. The molecule has 2 N–H and O–H groups in total. The number of rotatable bonds is 9. The van der Waals surface area contributed by atoms with Gasteiger partial charge in [-0.2, -0.15) is 0 Å². The number of pyridine rings is 1. The molecule has 6 heteroatoms. The Labute approximate surface area is 217 Å². The number of hydrogen-bond donors (Lipinski definition) is 2. The summed E-state index contributed by atoms with van der Waals surface area (Å²) >= 11 is 0. The quantitative estimate of drug-likeness (QED) is 0.270. The number of ether oxygens (including phenoxy) is 1. The molecule has 0 radical (unpaired) electrons. The Balaban J connectivity index is 1.13. The number of aryl methyl sites for hydroxylation is 1. The molecule has 0 unspecified atom stereocenters. The summed E-state index contributed by atoms with van der Waals surface area (Å²) in [5, 5.41) is 14.6. The number of nitrogens with one attached hydrogen (secondary N) is 1. The van der Waals surface area contributed by atoms with Gasteiger partial charge in [0.05, 0.1) is 17.5 Å². The second-order valence-corrected chi connectivity index (χ2v) is 9.78. The minimum absolute atomic E-state index is 0.611. The van der Waals surface area contributed by atoms with Gasteiger partial charge in [-0.25, -0.2) is 0 Å². The van der Waals surface area contributed by atoms with E-state index in [1.807, 2.05) is 79.7 Å². The molecule has 4 aromatic rings. The van der Waals surface area contributed by atoms with Gasteiger partial charge in [-0.1, -0.05) is 54.6 Å². The Hall–Kier alpha value is -3.90. The van der Waals surface area contributed by atoms with Crippen molar-refractivity contribution in [3.8, 4) is 5.75 Å². The summed E-state index contributed by atoms with van der Waals surface area (Å²) in [4.78, 5) is 19.1. The first kappa shape index (κ1) is 24.8. The van der Waals surface area contributed by atoms with Gasteiger partial charge in [0.2, 0.25) is 0 Å². The number of nitrogens with zero attached hydrogens (tertiary/aromatic N) is 2. The van der Waals surface area contributed by atoms with Crippen LogP contribution in [0.1, 0.15) is 30.5 Å². The molecule has 3 aromatic carbocycles. The zero-order chi connectivity index (χ0) is 25.7. The van der Waals surface area contributed by atoms with E-state index in [1.54, 1.807) is 0 Å². The fourth-order valence-corrected chi connectivity index (χ4v) is 5.25. The van der Waals surface area contributed by atoms with Crippen LogP contribution in [0.4, 0.5) is 11.4 Å². The maximum absolute atomic E-state index is 12.2. The molecular weight excluding hydrogens is 462 g/mol. The van der Waals surface area contributed by atoms with Gasteiger partial charge in [0.1, 0.15) is 5.75 Å². The van der Waals surface area contributed by atoms with Gasteiger partial charge in [0.25, 0.3) is 0 Å². The van der Waals surface area contributed by atoms with Gasteiger partial charge in [-0.3, -0.25) is 9.78 Å². The van der Waals surface area contributed by atoms with Crippen molar-refractivity contribution in [2.45, 2.75) is 31.6 Å². The summed E-state index contributed by atoms with van der Waals surface area (Å²) in [6.07, 6.45) is 2.14. The lowest BCUT2D eigenvalue weighted by atomic mass is 9.73. The van der Waals surface area contributed by atoms with E-state index < -0.39 is 11.4 Å². The predicted octanol–water partition coefficient (Wildman–Crippen LogP) is 6.17. The maximum atomic E-state index is 12.2. The van der Waals surface area contributed by atoms with Gasteiger partial charge >= 0.3 is 5.97 Å². The Bertz CT molecular complexity index is 1360. The van der Waals surface area contributed by atoms with E-state index in [-0.39, 0.29) is 0 Å². The van der Waals surface area contributed by atoms with Crippen molar-refractivity contribution < 1.29 is 14.6 Å². The van der Waals surface area contributed by atoms with Crippen molar-refractivity contribution in [3.63, 3.8) is 0 Å². The molecule has 6 nitrogen and oxygen atoms in total.